The Hall–Kier alpha value is -6.78. The van der Waals surface area contributed by atoms with Crippen LogP contribution in [0.25, 0.3) is 82.1 Å². The van der Waals surface area contributed by atoms with Crippen LogP contribution in [-0.2, 0) is 0 Å². The summed E-state index contributed by atoms with van der Waals surface area (Å²) in [5.74, 6) is 0. The van der Waals surface area contributed by atoms with Crippen LogP contribution in [0.1, 0.15) is 0 Å². The van der Waals surface area contributed by atoms with Crippen molar-refractivity contribution in [1.82, 2.24) is 4.57 Å². The molecule has 0 saturated heterocycles. The molecule has 11 rings (SSSR count). The summed E-state index contributed by atoms with van der Waals surface area (Å²) in [7, 11) is 0. The van der Waals surface area contributed by atoms with E-state index in [-0.39, 0.29) is 0 Å². The molecule has 0 aliphatic heterocycles. The largest absolute Gasteiger partial charge is 0.456 e. The molecule has 4 heteroatoms. The smallest absolute Gasteiger partial charge is 0.159 e. The summed E-state index contributed by atoms with van der Waals surface area (Å²) in [4.78, 5) is 2.33. The van der Waals surface area contributed by atoms with E-state index in [0.717, 1.165) is 77.4 Å². The van der Waals surface area contributed by atoms with Gasteiger partial charge in [-0.1, -0.05) is 103 Å². The normalized spacial score (nSPS) is 12.0. The van der Waals surface area contributed by atoms with Gasteiger partial charge in [-0.25, -0.2) is 0 Å². The number of para-hydroxylation sites is 4. The SMILES string of the molecule is c1ccc2c(c1)ccc1c3cccc(N(c4ccc(-n5c6ccccc6c6ccccc65)cc4)c4cccc5oc6ccccc6c45)c3oc21. The van der Waals surface area contributed by atoms with Gasteiger partial charge in [-0.2, -0.15) is 0 Å². The summed E-state index contributed by atoms with van der Waals surface area (Å²) >= 11 is 0. The molecule has 0 amide bonds. The maximum Gasteiger partial charge on any atom is 0.159 e. The number of hydrogen-bond acceptors (Lipinski definition) is 3. The van der Waals surface area contributed by atoms with Crippen molar-refractivity contribution in [3.8, 4) is 5.69 Å². The molecule has 3 heterocycles. The highest BCUT2D eigenvalue weighted by Gasteiger charge is 2.24. The second-order valence-electron chi connectivity index (χ2n) is 12.9. The third-order valence-corrected chi connectivity index (χ3v) is 10.2. The molecule has 0 aliphatic carbocycles. The topological polar surface area (TPSA) is 34.5 Å². The molecule has 0 saturated carbocycles. The van der Waals surface area contributed by atoms with Crippen molar-refractivity contribution in [2.45, 2.75) is 0 Å². The molecule has 50 heavy (non-hydrogen) atoms. The Labute approximate surface area is 286 Å². The van der Waals surface area contributed by atoms with E-state index in [2.05, 4.69) is 167 Å². The molecule has 0 atom stereocenters. The highest BCUT2D eigenvalue weighted by atomic mass is 16.3. The van der Waals surface area contributed by atoms with Gasteiger partial charge < -0.3 is 18.3 Å². The molecule has 11 aromatic rings. The lowest BCUT2D eigenvalue weighted by atomic mass is 10.0. The molecule has 0 radical (unpaired) electrons. The fourth-order valence-electron chi connectivity index (χ4n) is 7.99. The Morgan fingerprint density at radius 3 is 1.78 bits per heavy atom. The molecule has 0 aliphatic rings. The van der Waals surface area contributed by atoms with Crippen molar-refractivity contribution < 1.29 is 8.83 Å². The van der Waals surface area contributed by atoms with Crippen molar-refractivity contribution in [1.29, 1.82) is 0 Å². The first-order chi connectivity index (χ1) is 24.8. The van der Waals surface area contributed by atoms with Crippen LogP contribution in [0.4, 0.5) is 17.1 Å². The summed E-state index contributed by atoms with van der Waals surface area (Å²) < 4.78 is 15.7. The standard InChI is InChI=1S/C46H28N2O2/c1-2-12-32-29(11-1)23-28-36-35-16-9-20-41(46(35)50-45(32)36)48(40-19-10-22-43-44(40)37-15-5-8-21-42(37)49-43)31-26-24-30(25-27-31)47-38-17-6-3-13-33(38)34-14-4-7-18-39(34)47/h1-28H. The van der Waals surface area contributed by atoms with E-state index in [0.29, 0.717) is 0 Å². The van der Waals surface area contributed by atoms with Gasteiger partial charge in [-0.15, -0.1) is 0 Å². The van der Waals surface area contributed by atoms with E-state index >= 15 is 0 Å². The van der Waals surface area contributed by atoms with Gasteiger partial charge in [0.1, 0.15) is 16.7 Å². The number of nitrogens with zero attached hydrogens (tertiary/aromatic N) is 2. The van der Waals surface area contributed by atoms with Crippen molar-refractivity contribution in [2.75, 3.05) is 4.90 Å². The van der Waals surface area contributed by atoms with Crippen molar-refractivity contribution >= 4 is 93.5 Å². The van der Waals surface area contributed by atoms with Crippen LogP contribution >= 0.6 is 0 Å². The molecule has 234 valence electrons. The van der Waals surface area contributed by atoms with Gasteiger partial charge >= 0.3 is 0 Å². The first kappa shape index (κ1) is 27.2. The van der Waals surface area contributed by atoms with Crippen molar-refractivity contribution in [3.05, 3.63) is 170 Å². The van der Waals surface area contributed by atoms with Gasteiger partial charge in [0.15, 0.2) is 5.58 Å². The van der Waals surface area contributed by atoms with Gasteiger partial charge in [0, 0.05) is 43.7 Å². The van der Waals surface area contributed by atoms with Crippen LogP contribution in [0.5, 0.6) is 0 Å². The van der Waals surface area contributed by atoms with E-state index in [9.17, 15) is 0 Å². The lowest BCUT2D eigenvalue weighted by Gasteiger charge is -2.26. The third kappa shape index (κ3) is 3.81. The van der Waals surface area contributed by atoms with E-state index < -0.39 is 0 Å². The molecular formula is C46H28N2O2. The van der Waals surface area contributed by atoms with Crippen LogP contribution in [0.15, 0.2) is 179 Å². The summed E-state index contributed by atoms with van der Waals surface area (Å²) in [6.45, 7) is 0. The predicted molar refractivity (Wildman–Crippen MR) is 208 cm³/mol. The van der Waals surface area contributed by atoms with E-state index in [1.165, 1.54) is 21.8 Å². The summed E-state index contributed by atoms with van der Waals surface area (Å²) in [5.41, 5.74) is 9.94. The Kier molecular flexibility index (Phi) is 5.63. The van der Waals surface area contributed by atoms with Gasteiger partial charge in [-0.3, -0.25) is 0 Å². The number of benzene rings is 8. The molecule has 3 aromatic heterocycles. The highest BCUT2D eigenvalue weighted by molar-refractivity contribution is 6.19. The number of rotatable bonds is 4. The number of aromatic nitrogens is 1. The lowest BCUT2D eigenvalue weighted by Crippen LogP contribution is -2.11. The summed E-state index contributed by atoms with van der Waals surface area (Å²) in [6.07, 6.45) is 0. The summed E-state index contributed by atoms with van der Waals surface area (Å²) in [6, 6.07) is 60.0. The molecule has 0 spiro atoms. The zero-order chi connectivity index (χ0) is 32.8. The van der Waals surface area contributed by atoms with E-state index in [1.807, 2.05) is 12.1 Å². The Balaban J connectivity index is 1.18. The van der Waals surface area contributed by atoms with Crippen molar-refractivity contribution in [2.24, 2.45) is 0 Å². The second-order valence-corrected chi connectivity index (χ2v) is 12.9. The fraction of sp³-hybridized carbons (Fsp3) is 0. The Morgan fingerprint density at radius 2 is 0.980 bits per heavy atom. The average Bonchev–Trinajstić information content (AvgIpc) is 3.86. The van der Waals surface area contributed by atoms with E-state index in [4.69, 9.17) is 8.83 Å². The molecule has 0 fully saturated rings. The fourth-order valence-corrected chi connectivity index (χ4v) is 7.99. The maximum atomic E-state index is 6.91. The molecule has 0 bridgehead atoms. The van der Waals surface area contributed by atoms with Crippen molar-refractivity contribution in [3.63, 3.8) is 0 Å². The van der Waals surface area contributed by atoms with Crippen LogP contribution in [0.3, 0.4) is 0 Å². The highest BCUT2D eigenvalue weighted by Crippen LogP contribution is 2.47. The lowest BCUT2D eigenvalue weighted by molar-refractivity contribution is 0.668. The average molecular weight is 641 g/mol. The first-order valence-corrected chi connectivity index (χ1v) is 16.9. The number of hydrogen-bond donors (Lipinski definition) is 0. The van der Waals surface area contributed by atoms with Gasteiger partial charge in [0.2, 0.25) is 0 Å². The van der Waals surface area contributed by atoms with E-state index in [1.54, 1.807) is 0 Å². The van der Waals surface area contributed by atoms with Gasteiger partial charge in [-0.05, 0) is 72.1 Å². The zero-order valence-corrected chi connectivity index (χ0v) is 26.9. The van der Waals surface area contributed by atoms with Crippen LogP contribution in [-0.4, -0.2) is 4.57 Å². The molecule has 0 unspecified atom stereocenters. The first-order valence-electron chi connectivity index (χ1n) is 16.9. The Bertz CT molecular complexity index is 3050. The minimum Gasteiger partial charge on any atom is -0.456 e. The second kappa shape index (κ2) is 10.4. The zero-order valence-electron chi connectivity index (χ0n) is 26.9. The molecular weight excluding hydrogens is 613 g/mol. The predicted octanol–water partition coefficient (Wildman–Crippen LogP) is 13.2. The third-order valence-electron chi connectivity index (χ3n) is 10.2. The number of furan rings is 2. The number of anilines is 3. The number of fused-ring (bicyclic) bond motifs is 11. The minimum absolute atomic E-state index is 0.843. The minimum atomic E-state index is 0.843. The maximum absolute atomic E-state index is 6.91. The Morgan fingerprint density at radius 1 is 0.380 bits per heavy atom. The van der Waals surface area contributed by atoms with Gasteiger partial charge in [0.05, 0.1) is 27.8 Å². The monoisotopic (exact) mass is 640 g/mol. The molecule has 0 N–H and O–H groups in total. The molecule has 4 nitrogen and oxygen atoms in total. The quantitative estimate of drug-likeness (QED) is 0.192. The summed E-state index contributed by atoms with van der Waals surface area (Å²) in [5, 5.41) is 9.09. The van der Waals surface area contributed by atoms with Gasteiger partial charge in [0.25, 0.3) is 0 Å². The van der Waals surface area contributed by atoms with Crippen LogP contribution in [0.2, 0.25) is 0 Å². The van der Waals surface area contributed by atoms with Crippen LogP contribution in [0, 0.1) is 0 Å². The molecule has 8 aromatic carbocycles. The van der Waals surface area contributed by atoms with Crippen LogP contribution < -0.4 is 4.90 Å².